The second-order valence-electron chi connectivity index (χ2n) is 4.69. The molecule has 0 aromatic heterocycles. The summed E-state index contributed by atoms with van der Waals surface area (Å²) < 4.78 is 5.50. The summed E-state index contributed by atoms with van der Waals surface area (Å²) in [6.45, 7) is 1.62. The van der Waals surface area contributed by atoms with E-state index in [0.29, 0.717) is 16.0 Å². The quantitative estimate of drug-likeness (QED) is 0.662. The Hall–Kier alpha value is -0.320. The van der Waals surface area contributed by atoms with Gasteiger partial charge in [-0.15, -0.1) is 0 Å². The van der Waals surface area contributed by atoms with E-state index in [-0.39, 0.29) is 6.04 Å². The van der Waals surface area contributed by atoms with E-state index < -0.39 is 0 Å². The van der Waals surface area contributed by atoms with Crippen LogP contribution >= 0.6 is 23.2 Å². The van der Waals surface area contributed by atoms with Gasteiger partial charge in [0.25, 0.3) is 0 Å². The monoisotopic (exact) mass is 288 g/mol. The third-order valence-electron chi connectivity index (χ3n) is 3.43. The number of nitrogens with two attached hydrogens (primary N) is 1. The van der Waals surface area contributed by atoms with Gasteiger partial charge in [0.15, 0.2) is 0 Å². The molecule has 0 radical (unpaired) electrons. The molecule has 1 fully saturated rings. The fourth-order valence-electron chi connectivity index (χ4n) is 2.37. The highest BCUT2D eigenvalue weighted by atomic mass is 35.5. The van der Waals surface area contributed by atoms with Crippen LogP contribution in [0.2, 0.25) is 10.0 Å². The van der Waals surface area contributed by atoms with Crippen molar-refractivity contribution >= 4 is 23.2 Å². The first-order valence-corrected chi connectivity index (χ1v) is 6.94. The number of hydrogen-bond acceptors (Lipinski definition) is 3. The van der Waals surface area contributed by atoms with E-state index in [9.17, 15) is 0 Å². The van der Waals surface area contributed by atoms with Gasteiger partial charge in [-0.25, -0.2) is 0 Å². The van der Waals surface area contributed by atoms with Gasteiger partial charge in [0.2, 0.25) is 0 Å². The van der Waals surface area contributed by atoms with Gasteiger partial charge in [-0.1, -0.05) is 29.3 Å². The van der Waals surface area contributed by atoms with Gasteiger partial charge in [0.1, 0.15) is 0 Å². The van der Waals surface area contributed by atoms with Crippen molar-refractivity contribution in [1.29, 1.82) is 0 Å². The van der Waals surface area contributed by atoms with Crippen molar-refractivity contribution in [3.05, 3.63) is 33.8 Å². The maximum atomic E-state index is 6.19. The van der Waals surface area contributed by atoms with Crippen molar-refractivity contribution in [2.24, 2.45) is 11.8 Å². The Morgan fingerprint density at radius 2 is 2.28 bits per heavy atom. The third-order valence-corrected chi connectivity index (χ3v) is 4.02. The largest absolute Gasteiger partial charge is 0.381 e. The molecule has 0 amide bonds. The van der Waals surface area contributed by atoms with Gasteiger partial charge in [0.05, 0.1) is 6.61 Å². The standard InChI is InChI=1S/C13H18Cl2N2O/c14-11-4-3-9(12(15)7-11)6-13(17-16)10-2-1-5-18-8-10/h3-4,7,10,13,17H,1-2,5-6,8,16H2. The van der Waals surface area contributed by atoms with Crippen LogP contribution in [0.1, 0.15) is 18.4 Å². The van der Waals surface area contributed by atoms with E-state index >= 15 is 0 Å². The minimum absolute atomic E-state index is 0.184. The van der Waals surface area contributed by atoms with Gasteiger partial charge in [-0.2, -0.15) is 0 Å². The summed E-state index contributed by atoms with van der Waals surface area (Å²) in [6, 6.07) is 5.76. The number of hydrazine groups is 1. The summed E-state index contributed by atoms with van der Waals surface area (Å²) in [4.78, 5) is 0. The average molecular weight is 289 g/mol. The van der Waals surface area contributed by atoms with Gasteiger partial charge < -0.3 is 4.74 Å². The smallest absolute Gasteiger partial charge is 0.0509 e. The van der Waals surface area contributed by atoms with Crippen LogP contribution in [0.25, 0.3) is 0 Å². The Kier molecular flexibility index (Phi) is 5.27. The lowest BCUT2D eigenvalue weighted by Gasteiger charge is -2.30. The Labute approximate surface area is 118 Å². The molecule has 1 saturated heterocycles. The topological polar surface area (TPSA) is 47.3 Å². The third kappa shape index (κ3) is 3.59. The summed E-state index contributed by atoms with van der Waals surface area (Å²) >= 11 is 12.1. The molecule has 18 heavy (non-hydrogen) atoms. The van der Waals surface area contributed by atoms with E-state index in [4.69, 9.17) is 33.8 Å². The van der Waals surface area contributed by atoms with Crippen LogP contribution in [0.15, 0.2) is 18.2 Å². The lowest BCUT2D eigenvalue weighted by atomic mass is 9.90. The lowest BCUT2D eigenvalue weighted by Crippen LogP contribution is -2.45. The zero-order valence-corrected chi connectivity index (χ0v) is 11.7. The summed E-state index contributed by atoms with van der Waals surface area (Å²) in [5, 5.41) is 1.35. The van der Waals surface area contributed by atoms with Crippen LogP contribution in [-0.2, 0) is 11.2 Å². The molecular formula is C13H18Cl2N2O. The first-order valence-electron chi connectivity index (χ1n) is 6.18. The molecule has 0 aliphatic carbocycles. The average Bonchev–Trinajstić information content (AvgIpc) is 2.39. The number of nitrogens with one attached hydrogen (secondary N) is 1. The Bertz CT molecular complexity index is 395. The normalized spacial score (nSPS) is 21.8. The molecule has 2 atom stereocenters. The second-order valence-corrected chi connectivity index (χ2v) is 5.53. The van der Waals surface area contributed by atoms with Crippen molar-refractivity contribution in [2.45, 2.75) is 25.3 Å². The van der Waals surface area contributed by atoms with Crippen LogP contribution in [0, 0.1) is 5.92 Å². The van der Waals surface area contributed by atoms with Crippen LogP contribution in [0.5, 0.6) is 0 Å². The highest BCUT2D eigenvalue weighted by Crippen LogP contribution is 2.25. The molecule has 1 aromatic carbocycles. The van der Waals surface area contributed by atoms with Gasteiger partial charge in [0, 0.05) is 22.7 Å². The van der Waals surface area contributed by atoms with Gasteiger partial charge in [-0.3, -0.25) is 11.3 Å². The molecule has 1 aliphatic heterocycles. The Balaban J connectivity index is 2.04. The van der Waals surface area contributed by atoms with Crippen LogP contribution in [-0.4, -0.2) is 19.3 Å². The van der Waals surface area contributed by atoms with Gasteiger partial charge in [-0.05, 0) is 42.9 Å². The van der Waals surface area contributed by atoms with E-state index in [2.05, 4.69) is 5.43 Å². The molecule has 1 heterocycles. The predicted octanol–water partition coefficient (Wildman–Crippen LogP) is 2.79. The molecule has 2 unspecified atom stereocenters. The van der Waals surface area contributed by atoms with Crippen molar-refractivity contribution in [3.8, 4) is 0 Å². The summed E-state index contributed by atoms with van der Waals surface area (Å²) in [5.74, 6) is 6.10. The van der Waals surface area contributed by atoms with Crippen LogP contribution in [0.4, 0.5) is 0 Å². The van der Waals surface area contributed by atoms with Crippen molar-refractivity contribution in [3.63, 3.8) is 0 Å². The highest BCUT2D eigenvalue weighted by Gasteiger charge is 2.24. The number of ether oxygens (including phenoxy) is 1. The molecule has 0 saturated carbocycles. The molecule has 100 valence electrons. The van der Waals surface area contributed by atoms with Crippen LogP contribution < -0.4 is 11.3 Å². The van der Waals surface area contributed by atoms with E-state index in [1.165, 1.54) is 0 Å². The minimum Gasteiger partial charge on any atom is -0.381 e. The molecule has 2 rings (SSSR count). The first-order chi connectivity index (χ1) is 8.70. The van der Waals surface area contributed by atoms with Crippen molar-refractivity contribution in [1.82, 2.24) is 5.43 Å². The SMILES string of the molecule is NNC(Cc1ccc(Cl)cc1Cl)C1CCCOC1. The Morgan fingerprint density at radius 3 is 2.89 bits per heavy atom. The van der Waals surface area contributed by atoms with E-state index in [0.717, 1.165) is 38.0 Å². The van der Waals surface area contributed by atoms with Gasteiger partial charge >= 0.3 is 0 Å². The fraction of sp³-hybridized carbons (Fsp3) is 0.538. The fourth-order valence-corrected chi connectivity index (χ4v) is 2.85. The molecule has 3 N–H and O–H groups in total. The lowest BCUT2D eigenvalue weighted by molar-refractivity contribution is 0.0393. The molecular weight excluding hydrogens is 271 g/mol. The zero-order chi connectivity index (χ0) is 13.0. The second kappa shape index (κ2) is 6.73. The number of halogens is 2. The maximum absolute atomic E-state index is 6.19. The number of rotatable bonds is 4. The first kappa shape index (κ1) is 14.1. The van der Waals surface area contributed by atoms with Crippen molar-refractivity contribution < 1.29 is 4.74 Å². The number of benzene rings is 1. The predicted molar refractivity (Wildman–Crippen MR) is 74.8 cm³/mol. The summed E-state index contributed by atoms with van der Waals surface area (Å²) in [5.41, 5.74) is 3.95. The van der Waals surface area contributed by atoms with E-state index in [1.54, 1.807) is 6.07 Å². The number of hydrogen-bond donors (Lipinski definition) is 2. The van der Waals surface area contributed by atoms with E-state index in [1.807, 2.05) is 12.1 Å². The molecule has 1 aliphatic rings. The minimum atomic E-state index is 0.184. The maximum Gasteiger partial charge on any atom is 0.0509 e. The molecule has 5 heteroatoms. The highest BCUT2D eigenvalue weighted by molar-refractivity contribution is 6.35. The Morgan fingerprint density at radius 1 is 1.44 bits per heavy atom. The summed E-state index contributed by atoms with van der Waals surface area (Å²) in [7, 11) is 0. The molecule has 0 spiro atoms. The zero-order valence-electron chi connectivity index (χ0n) is 10.2. The van der Waals surface area contributed by atoms with Crippen molar-refractivity contribution in [2.75, 3.05) is 13.2 Å². The van der Waals surface area contributed by atoms with Crippen LogP contribution in [0.3, 0.4) is 0 Å². The molecule has 3 nitrogen and oxygen atoms in total. The molecule has 1 aromatic rings. The summed E-state index contributed by atoms with van der Waals surface area (Å²) in [6.07, 6.45) is 3.03. The molecule has 0 bridgehead atoms.